The van der Waals surface area contributed by atoms with Crippen LogP contribution in [0.3, 0.4) is 0 Å². The number of halogens is 2. The summed E-state index contributed by atoms with van der Waals surface area (Å²) in [5.41, 5.74) is 10.00. The molecule has 0 radical (unpaired) electrons. The number of pyridine rings is 1. The summed E-state index contributed by atoms with van der Waals surface area (Å²) in [6.07, 6.45) is 6.65. The molecule has 31 heavy (non-hydrogen) atoms. The molecule has 8 nitrogen and oxygen atoms in total. The highest BCUT2D eigenvalue weighted by Gasteiger charge is 2.21. The second-order valence-electron chi connectivity index (χ2n) is 7.04. The molecule has 3 heterocycles. The van der Waals surface area contributed by atoms with Crippen molar-refractivity contribution in [2.45, 2.75) is 12.8 Å². The minimum absolute atomic E-state index is 0.330. The van der Waals surface area contributed by atoms with Crippen molar-refractivity contribution in [3.63, 3.8) is 0 Å². The Hall–Kier alpha value is -4.08. The Morgan fingerprint density at radius 1 is 1.13 bits per heavy atom. The fourth-order valence-corrected chi connectivity index (χ4v) is 3.08. The summed E-state index contributed by atoms with van der Waals surface area (Å²) in [7, 11) is 0. The van der Waals surface area contributed by atoms with Crippen LogP contribution >= 0.6 is 0 Å². The topological polar surface area (TPSA) is 110 Å². The zero-order valence-electron chi connectivity index (χ0n) is 16.5. The smallest absolute Gasteiger partial charge is 0.319 e. The molecule has 3 aromatic heterocycles. The molecule has 0 bridgehead atoms. The fourth-order valence-electron chi connectivity index (χ4n) is 3.08. The zero-order chi connectivity index (χ0) is 22.0. The molecule has 4 rings (SSSR count). The number of carbonyl (C=O) groups excluding carboxylic acids is 1. The minimum Gasteiger partial charge on any atom is -0.382 e. The summed E-state index contributed by atoms with van der Waals surface area (Å²) in [5.74, 6) is -2.65. The summed E-state index contributed by atoms with van der Waals surface area (Å²) < 4.78 is 27.7. The molecule has 0 spiro atoms. The van der Waals surface area contributed by atoms with Crippen LogP contribution in [0.25, 0.3) is 28.2 Å². The molecule has 2 amide bonds. The molecule has 0 aliphatic carbocycles. The quantitative estimate of drug-likeness (QED) is 0.452. The predicted molar refractivity (Wildman–Crippen MR) is 114 cm³/mol. The molecule has 4 aromatic rings. The first-order valence-corrected chi connectivity index (χ1v) is 9.37. The number of nitrogens with zero attached hydrogens (tertiary/aromatic N) is 4. The second-order valence-corrected chi connectivity index (χ2v) is 7.04. The van der Waals surface area contributed by atoms with Crippen LogP contribution in [0.5, 0.6) is 0 Å². The summed E-state index contributed by atoms with van der Waals surface area (Å²) in [6, 6.07) is 10.0. The predicted octanol–water partition coefficient (Wildman–Crippen LogP) is 3.82. The van der Waals surface area contributed by atoms with Gasteiger partial charge in [-0.05, 0) is 24.3 Å². The molecule has 0 aliphatic heterocycles. The van der Waals surface area contributed by atoms with Gasteiger partial charge in [0.05, 0.1) is 18.4 Å². The number of hydrogen-bond acceptors (Lipinski definition) is 5. The van der Waals surface area contributed by atoms with E-state index in [9.17, 15) is 13.6 Å². The molecule has 1 aromatic carbocycles. The largest absolute Gasteiger partial charge is 0.382 e. The van der Waals surface area contributed by atoms with Gasteiger partial charge in [0.1, 0.15) is 17.2 Å². The molecular weight excluding hydrogens is 404 g/mol. The van der Waals surface area contributed by atoms with Crippen LogP contribution in [-0.4, -0.2) is 37.9 Å². The summed E-state index contributed by atoms with van der Waals surface area (Å²) in [4.78, 5) is 24.7. The minimum atomic E-state index is -2.98. The van der Waals surface area contributed by atoms with E-state index in [0.29, 0.717) is 22.8 Å². The highest BCUT2D eigenvalue weighted by Crippen LogP contribution is 2.27. The molecule has 0 atom stereocenters. The first-order chi connectivity index (χ1) is 14.8. The zero-order valence-corrected chi connectivity index (χ0v) is 16.5. The number of hydrogen-bond donors (Lipinski definition) is 3. The van der Waals surface area contributed by atoms with Crippen LogP contribution in [0.15, 0.2) is 61.2 Å². The number of benzene rings is 1. The van der Waals surface area contributed by atoms with Gasteiger partial charge in [0, 0.05) is 42.3 Å². The Kier molecular flexibility index (Phi) is 5.20. The van der Waals surface area contributed by atoms with E-state index in [1.165, 1.54) is 6.20 Å². The van der Waals surface area contributed by atoms with Gasteiger partial charge in [0.25, 0.3) is 5.92 Å². The van der Waals surface area contributed by atoms with Crippen molar-refractivity contribution in [3.8, 4) is 22.5 Å². The highest BCUT2D eigenvalue weighted by atomic mass is 19.3. The van der Waals surface area contributed by atoms with Crippen molar-refractivity contribution in [3.05, 3.63) is 61.2 Å². The molecular formula is C21H19F2N7O. The first-order valence-electron chi connectivity index (χ1n) is 9.37. The average molecular weight is 423 g/mol. The Bertz CT molecular complexity index is 1250. The molecule has 0 saturated carbocycles. The number of aromatic nitrogens is 4. The normalized spacial score (nSPS) is 11.5. The van der Waals surface area contributed by atoms with Gasteiger partial charge in [-0.15, -0.1) is 0 Å². The maximum atomic E-state index is 12.9. The van der Waals surface area contributed by atoms with E-state index in [2.05, 4.69) is 25.6 Å². The van der Waals surface area contributed by atoms with E-state index in [-0.39, 0.29) is 0 Å². The van der Waals surface area contributed by atoms with Gasteiger partial charge in [-0.2, -0.15) is 0 Å². The maximum Gasteiger partial charge on any atom is 0.319 e. The van der Waals surface area contributed by atoms with Gasteiger partial charge in [-0.3, -0.25) is 9.38 Å². The third kappa shape index (κ3) is 4.58. The third-order valence-corrected chi connectivity index (χ3v) is 4.49. The van der Waals surface area contributed by atoms with Crippen LogP contribution in [-0.2, 0) is 0 Å². The van der Waals surface area contributed by atoms with Crippen LogP contribution in [0.4, 0.5) is 25.1 Å². The van der Waals surface area contributed by atoms with E-state index in [0.717, 1.165) is 23.7 Å². The van der Waals surface area contributed by atoms with E-state index in [4.69, 9.17) is 5.73 Å². The van der Waals surface area contributed by atoms with Crippen LogP contribution in [0, 0.1) is 0 Å². The molecule has 0 unspecified atom stereocenters. The van der Waals surface area contributed by atoms with Crippen molar-refractivity contribution in [2.24, 2.45) is 0 Å². The first kappa shape index (κ1) is 20.2. The number of carbonyl (C=O) groups is 1. The third-order valence-electron chi connectivity index (χ3n) is 4.49. The van der Waals surface area contributed by atoms with Crippen LogP contribution in [0.2, 0.25) is 0 Å². The van der Waals surface area contributed by atoms with Crippen molar-refractivity contribution in [2.75, 3.05) is 17.6 Å². The van der Waals surface area contributed by atoms with Crippen molar-refractivity contribution in [1.29, 1.82) is 0 Å². The lowest BCUT2D eigenvalue weighted by Gasteiger charge is -2.12. The van der Waals surface area contributed by atoms with Crippen molar-refractivity contribution >= 4 is 23.2 Å². The number of rotatable bonds is 5. The second kappa shape index (κ2) is 7.98. The molecule has 158 valence electrons. The number of alkyl halides is 2. The van der Waals surface area contributed by atoms with Gasteiger partial charge in [0.15, 0.2) is 0 Å². The van der Waals surface area contributed by atoms with Crippen LogP contribution < -0.4 is 16.4 Å². The number of amides is 2. The lowest BCUT2D eigenvalue weighted by atomic mass is 10.1. The van der Waals surface area contributed by atoms with Gasteiger partial charge in [-0.25, -0.2) is 23.5 Å². The number of nitrogens with one attached hydrogen (secondary N) is 2. The highest BCUT2D eigenvalue weighted by molar-refractivity contribution is 5.90. The van der Waals surface area contributed by atoms with Gasteiger partial charge in [0.2, 0.25) is 0 Å². The summed E-state index contributed by atoms with van der Waals surface area (Å²) in [6.45, 7) is -0.00677. The van der Waals surface area contributed by atoms with Crippen LogP contribution in [0.1, 0.15) is 6.92 Å². The lowest BCUT2D eigenvalue weighted by Crippen LogP contribution is -2.37. The SMILES string of the molecule is CC(F)(F)CNC(=O)Nc1cccc(-c2cnc3cc(-c4nccnc4N)ccn23)c1. The number of urea groups is 1. The summed E-state index contributed by atoms with van der Waals surface area (Å²) >= 11 is 0. The van der Waals surface area contributed by atoms with Gasteiger partial charge in [-0.1, -0.05) is 12.1 Å². The Labute approximate surface area is 176 Å². The van der Waals surface area contributed by atoms with E-state index in [1.807, 2.05) is 28.8 Å². The van der Waals surface area contributed by atoms with Gasteiger partial charge < -0.3 is 16.4 Å². The number of nitrogen functional groups attached to an aromatic ring is 1. The van der Waals surface area contributed by atoms with Crippen molar-refractivity contribution < 1.29 is 13.6 Å². The Balaban J connectivity index is 1.59. The van der Waals surface area contributed by atoms with E-state index < -0.39 is 18.5 Å². The molecule has 4 N–H and O–H groups in total. The molecule has 0 fully saturated rings. The molecule has 10 heteroatoms. The monoisotopic (exact) mass is 423 g/mol. The average Bonchev–Trinajstić information content (AvgIpc) is 3.16. The van der Waals surface area contributed by atoms with Crippen molar-refractivity contribution in [1.82, 2.24) is 24.7 Å². The number of nitrogens with two attached hydrogens (primary N) is 1. The number of fused-ring (bicyclic) bond motifs is 1. The Morgan fingerprint density at radius 2 is 1.94 bits per heavy atom. The Morgan fingerprint density at radius 3 is 2.71 bits per heavy atom. The molecule has 0 aliphatic rings. The number of anilines is 2. The fraction of sp³-hybridized carbons (Fsp3) is 0.143. The number of imidazole rings is 1. The van der Waals surface area contributed by atoms with E-state index in [1.54, 1.807) is 30.6 Å². The standard InChI is InChI=1S/C21H19F2N7O/c1-21(22,23)12-28-20(31)29-15-4-2-3-13(9-15)16-11-27-17-10-14(5-8-30(16)17)18-19(24)26-7-6-25-18/h2-11H,12H2,1H3,(H2,24,26)(H2,28,29,31). The van der Waals surface area contributed by atoms with Gasteiger partial charge >= 0.3 is 6.03 Å². The maximum absolute atomic E-state index is 12.9. The van der Waals surface area contributed by atoms with E-state index >= 15 is 0 Å². The lowest BCUT2D eigenvalue weighted by molar-refractivity contribution is 0.0257. The molecule has 0 saturated heterocycles. The summed E-state index contributed by atoms with van der Waals surface area (Å²) in [5, 5.41) is 4.70.